The highest BCUT2D eigenvalue weighted by molar-refractivity contribution is 5.28. The number of H-pyrrole nitrogens is 2. The molecular weight excluding hydrogens is 276 g/mol. The van der Waals surface area contributed by atoms with E-state index in [4.69, 9.17) is 0 Å². The molecule has 0 atom stereocenters. The average molecular weight is 300 g/mol. The maximum absolute atomic E-state index is 12.1. The van der Waals surface area contributed by atoms with Crippen LogP contribution >= 0.6 is 0 Å². The van der Waals surface area contributed by atoms with Gasteiger partial charge in [-0.15, -0.1) is 0 Å². The zero-order chi connectivity index (χ0) is 16.3. The molecule has 2 aromatic heterocycles. The predicted octanol–water partition coefficient (Wildman–Crippen LogP) is 2.59. The molecule has 0 fully saturated rings. The van der Waals surface area contributed by atoms with Crippen molar-refractivity contribution < 1.29 is 0 Å². The van der Waals surface area contributed by atoms with Gasteiger partial charge in [0.15, 0.2) is 0 Å². The molecule has 0 amide bonds. The number of pyridine rings is 2. The van der Waals surface area contributed by atoms with Crippen LogP contribution in [-0.4, -0.2) is 9.97 Å². The van der Waals surface area contributed by atoms with Crippen molar-refractivity contribution in [1.29, 1.82) is 0 Å². The van der Waals surface area contributed by atoms with Crippen LogP contribution in [0.1, 0.15) is 47.5 Å². The standard InChI is InChI=1S/C18H24N2O2/c1-5-13-9-15(17(21)19-11(13)3)7-8-16-10-14(6-2)12(4)20-18(16)22/h9-10H,5-8H2,1-4H3,(H,19,21)(H,20,22). The zero-order valence-corrected chi connectivity index (χ0v) is 13.8. The molecule has 0 saturated carbocycles. The summed E-state index contributed by atoms with van der Waals surface area (Å²) < 4.78 is 0. The Labute approximate surface area is 130 Å². The zero-order valence-electron chi connectivity index (χ0n) is 13.8. The average Bonchev–Trinajstić information content (AvgIpc) is 2.48. The van der Waals surface area contributed by atoms with Crippen LogP contribution in [-0.2, 0) is 25.7 Å². The van der Waals surface area contributed by atoms with Crippen molar-refractivity contribution in [2.45, 2.75) is 53.4 Å². The molecule has 0 unspecified atom stereocenters. The molecule has 2 heterocycles. The summed E-state index contributed by atoms with van der Waals surface area (Å²) in [5, 5.41) is 0. The van der Waals surface area contributed by atoms with E-state index in [1.165, 1.54) is 0 Å². The number of rotatable bonds is 5. The van der Waals surface area contributed by atoms with Crippen molar-refractivity contribution in [3.8, 4) is 0 Å². The van der Waals surface area contributed by atoms with E-state index >= 15 is 0 Å². The van der Waals surface area contributed by atoms with Gasteiger partial charge in [0.2, 0.25) is 0 Å². The first-order valence-electron chi connectivity index (χ1n) is 7.89. The van der Waals surface area contributed by atoms with Crippen LogP contribution in [0.15, 0.2) is 21.7 Å². The number of aromatic nitrogens is 2. The fourth-order valence-electron chi connectivity index (χ4n) is 2.81. The van der Waals surface area contributed by atoms with Gasteiger partial charge in [0.05, 0.1) is 0 Å². The molecule has 0 aliphatic heterocycles. The Bertz CT molecular complexity index is 717. The number of aryl methyl sites for hydroxylation is 6. The van der Waals surface area contributed by atoms with E-state index in [2.05, 4.69) is 23.8 Å². The van der Waals surface area contributed by atoms with Crippen LogP contribution in [0.4, 0.5) is 0 Å². The van der Waals surface area contributed by atoms with Crippen molar-refractivity contribution >= 4 is 0 Å². The number of nitrogens with one attached hydrogen (secondary N) is 2. The summed E-state index contributed by atoms with van der Waals surface area (Å²) >= 11 is 0. The van der Waals surface area contributed by atoms with Gasteiger partial charge in [0.25, 0.3) is 11.1 Å². The molecule has 2 N–H and O–H groups in total. The fraction of sp³-hybridized carbons (Fsp3) is 0.444. The summed E-state index contributed by atoms with van der Waals surface area (Å²) in [4.78, 5) is 29.9. The lowest BCUT2D eigenvalue weighted by Crippen LogP contribution is -2.19. The molecule has 0 bridgehead atoms. The third-order valence-electron chi connectivity index (χ3n) is 4.27. The molecule has 22 heavy (non-hydrogen) atoms. The first kappa shape index (κ1) is 16.3. The number of hydrogen-bond donors (Lipinski definition) is 2. The predicted molar refractivity (Wildman–Crippen MR) is 89.8 cm³/mol. The Hall–Kier alpha value is -2.10. The van der Waals surface area contributed by atoms with Gasteiger partial charge in [-0.2, -0.15) is 0 Å². The monoisotopic (exact) mass is 300 g/mol. The second-order valence-corrected chi connectivity index (χ2v) is 5.75. The normalized spacial score (nSPS) is 10.9. The van der Waals surface area contributed by atoms with E-state index in [0.29, 0.717) is 12.8 Å². The SMILES string of the molecule is CCc1cc(CCc2cc(CC)c(C)[nH]c2=O)c(=O)[nH]c1C. The van der Waals surface area contributed by atoms with Crippen molar-refractivity contribution in [2.75, 3.05) is 0 Å². The van der Waals surface area contributed by atoms with Crippen molar-refractivity contribution in [3.05, 3.63) is 66.5 Å². The van der Waals surface area contributed by atoms with E-state index in [-0.39, 0.29) is 11.1 Å². The maximum atomic E-state index is 12.1. The quantitative estimate of drug-likeness (QED) is 0.891. The Balaban J connectivity index is 2.27. The van der Waals surface area contributed by atoms with Crippen molar-refractivity contribution in [1.82, 2.24) is 9.97 Å². The minimum atomic E-state index is -0.0473. The summed E-state index contributed by atoms with van der Waals surface area (Å²) in [7, 11) is 0. The van der Waals surface area contributed by atoms with Crippen molar-refractivity contribution in [2.24, 2.45) is 0 Å². The third-order valence-corrected chi connectivity index (χ3v) is 4.27. The van der Waals surface area contributed by atoms with Crippen LogP contribution < -0.4 is 11.1 Å². The molecule has 0 radical (unpaired) electrons. The fourth-order valence-corrected chi connectivity index (χ4v) is 2.81. The molecule has 0 aliphatic rings. The van der Waals surface area contributed by atoms with E-state index < -0.39 is 0 Å². The molecular formula is C18H24N2O2. The lowest BCUT2D eigenvalue weighted by Gasteiger charge is -2.08. The highest BCUT2D eigenvalue weighted by Crippen LogP contribution is 2.10. The van der Waals surface area contributed by atoms with Crippen LogP contribution in [0.3, 0.4) is 0 Å². The molecule has 4 heteroatoms. The number of aromatic amines is 2. The first-order valence-corrected chi connectivity index (χ1v) is 7.89. The van der Waals surface area contributed by atoms with Gasteiger partial charge >= 0.3 is 0 Å². The van der Waals surface area contributed by atoms with Crippen LogP contribution in [0.25, 0.3) is 0 Å². The summed E-state index contributed by atoms with van der Waals surface area (Å²) in [6.07, 6.45) is 2.94. The van der Waals surface area contributed by atoms with Gasteiger partial charge in [-0.3, -0.25) is 9.59 Å². The lowest BCUT2D eigenvalue weighted by atomic mass is 10.0. The molecule has 2 rings (SSSR count). The van der Waals surface area contributed by atoms with Gasteiger partial charge in [0.1, 0.15) is 0 Å². The second kappa shape index (κ2) is 6.77. The minimum absolute atomic E-state index is 0.0473. The van der Waals surface area contributed by atoms with E-state index in [1.54, 1.807) is 0 Å². The topological polar surface area (TPSA) is 65.7 Å². The maximum Gasteiger partial charge on any atom is 0.251 e. The third kappa shape index (κ3) is 3.38. The number of hydrogen-bond acceptors (Lipinski definition) is 2. The molecule has 4 nitrogen and oxygen atoms in total. The second-order valence-electron chi connectivity index (χ2n) is 5.75. The Morgan fingerprint density at radius 3 is 1.41 bits per heavy atom. The highest BCUT2D eigenvalue weighted by atomic mass is 16.1. The van der Waals surface area contributed by atoms with Gasteiger partial charge in [-0.05, 0) is 62.8 Å². The Kier molecular flexibility index (Phi) is 5.01. The van der Waals surface area contributed by atoms with Crippen LogP contribution in [0.5, 0.6) is 0 Å². The van der Waals surface area contributed by atoms with Gasteiger partial charge < -0.3 is 9.97 Å². The smallest absolute Gasteiger partial charge is 0.251 e. The van der Waals surface area contributed by atoms with Crippen LogP contribution in [0, 0.1) is 13.8 Å². The molecule has 0 aromatic carbocycles. The minimum Gasteiger partial charge on any atom is -0.326 e. The van der Waals surface area contributed by atoms with Gasteiger partial charge in [-0.1, -0.05) is 13.8 Å². The Morgan fingerprint density at radius 2 is 1.09 bits per heavy atom. The summed E-state index contributed by atoms with van der Waals surface area (Å²) in [6.45, 7) is 7.98. The summed E-state index contributed by atoms with van der Waals surface area (Å²) in [6, 6.07) is 3.94. The molecule has 118 valence electrons. The Morgan fingerprint density at radius 1 is 0.727 bits per heavy atom. The summed E-state index contributed by atoms with van der Waals surface area (Å²) in [5.41, 5.74) is 5.57. The van der Waals surface area contributed by atoms with Gasteiger partial charge in [-0.25, -0.2) is 0 Å². The molecule has 0 aliphatic carbocycles. The molecule has 0 saturated heterocycles. The van der Waals surface area contributed by atoms with Gasteiger partial charge in [0, 0.05) is 22.5 Å². The van der Waals surface area contributed by atoms with E-state index in [9.17, 15) is 9.59 Å². The first-order chi connectivity index (χ1) is 10.5. The molecule has 2 aromatic rings. The van der Waals surface area contributed by atoms with Crippen LogP contribution in [0.2, 0.25) is 0 Å². The van der Waals surface area contributed by atoms with E-state index in [0.717, 1.165) is 46.5 Å². The lowest BCUT2D eigenvalue weighted by molar-refractivity contribution is 0.881. The largest absolute Gasteiger partial charge is 0.326 e. The summed E-state index contributed by atoms with van der Waals surface area (Å²) in [5.74, 6) is 0. The molecule has 0 spiro atoms. The highest BCUT2D eigenvalue weighted by Gasteiger charge is 2.08. The van der Waals surface area contributed by atoms with E-state index in [1.807, 2.05) is 26.0 Å². The van der Waals surface area contributed by atoms with Crippen molar-refractivity contribution in [3.63, 3.8) is 0 Å².